The number of nitrogens with one attached hydrogen (secondary N) is 1. The van der Waals surface area contributed by atoms with Crippen molar-refractivity contribution in [2.45, 2.75) is 13.5 Å². The van der Waals surface area contributed by atoms with E-state index in [9.17, 15) is 4.79 Å². The summed E-state index contributed by atoms with van der Waals surface area (Å²) in [6, 6.07) is 15.9. The van der Waals surface area contributed by atoms with Crippen LogP contribution in [0.4, 0.5) is 5.69 Å². The van der Waals surface area contributed by atoms with Crippen molar-refractivity contribution in [2.75, 3.05) is 19.4 Å². The Bertz CT molecular complexity index is 884. The number of carbonyl (C=O) groups is 1. The molecule has 0 bridgehead atoms. The second kappa shape index (κ2) is 7.32. The third-order valence-corrected chi connectivity index (χ3v) is 3.94. The second-order valence-electron chi connectivity index (χ2n) is 6.24. The van der Waals surface area contributed by atoms with Crippen molar-refractivity contribution in [2.24, 2.45) is 0 Å². The summed E-state index contributed by atoms with van der Waals surface area (Å²) in [6.07, 6.45) is 1.43. The van der Waals surface area contributed by atoms with Crippen LogP contribution in [0.2, 0.25) is 0 Å². The van der Waals surface area contributed by atoms with Crippen LogP contribution in [0.3, 0.4) is 0 Å². The molecule has 25 heavy (non-hydrogen) atoms. The topological polar surface area (TPSA) is 58.4 Å². The maximum absolute atomic E-state index is 12.5. The lowest BCUT2D eigenvalue weighted by atomic mass is 9.97. The van der Waals surface area contributed by atoms with Gasteiger partial charge in [0.2, 0.25) is 0 Å². The monoisotopic (exact) mass is 335 g/mol. The molecule has 5 heteroatoms. The molecule has 0 aliphatic carbocycles. The first-order valence-electron chi connectivity index (χ1n) is 8.10. The van der Waals surface area contributed by atoms with E-state index in [1.165, 1.54) is 11.8 Å². The number of hydrogen-bond acceptors (Lipinski definition) is 4. The highest BCUT2D eigenvalue weighted by molar-refractivity contribution is 6.05. The van der Waals surface area contributed by atoms with Gasteiger partial charge < -0.3 is 14.7 Å². The third kappa shape index (κ3) is 3.95. The van der Waals surface area contributed by atoms with Crippen LogP contribution in [0.5, 0.6) is 0 Å². The molecular weight excluding hydrogens is 314 g/mol. The summed E-state index contributed by atoms with van der Waals surface area (Å²) in [5.74, 6) is -0.182. The summed E-state index contributed by atoms with van der Waals surface area (Å²) < 4.78 is 4.86. The lowest BCUT2D eigenvalue weighted by Gasteiger charge is -2.15. The van der Waals surface area contributed by atoms with Gasteiger partial charge in [-0.3, -0.25) is 4.79 Å². The highest BCUT2D eigenvalue weighted by Gasteiger charge is 2.12. The minimum atomic E-state index is -0.182. The largest absolute Gasteiger partial charge is 0.362 e. The minimum absolute atomic E-state index is 0.182. The van der Waals surface area contributed by atoms with Crippen molar-refractivity contribution >= 4 is 11.6 Å². The van der Waals surface area contributed by atoms with Gasteiger partial charge in [0.05, 0.1) is 0 Å². The van der Waals surface area contributed by atoms with Gasteiger partial charge in [-0.2, -0.15) is 0 Å². The van der Waals surface area contributed by atoms with Gasteiger partial charge in [0.1, 0.15) is 17.6 Å². The normalized spacial score (nSPS) is 10.9. The summed E-state index contributed by atoms with van der Waals surface area (Å²) >= 11 is 0. The zero-order valence-electron chi connectivity index (χ0n) is 14.6. The van der Waals surface area contributed by atoms with Crippen LogP contribution in [0.15, 0.2) is 59.3 Å². The Balaban J connectivity index is 1.90. The van der Waals surface area contributed by atoms with Crippen LogP contribution in [0.1, 0.15) is 21.6 Å². The molecule has 0 saturated heterocycles. The first kappa shape index (κ1) is 16.9. The molecule has 0 unspecified atom stereocenters. The molecule has 1 N–H and O–H groups in total. The number of hydrogen-bond donors (Lipinski definition) is 1. The molecule has 5 nitrogen and oxygen atoms in total. The molecule has 1 heterocycles. The molecular formula is C20H21N3O2. The van der Waals surface area contributed by atoms with Crippen LogP contribution in [-0.2, 0) is 6.54 Å². The predicted octanol–water partition coefficient (Wildman–Crippen LogP) is 3.96. The van der Waals surface area contributed by atoms with Crippen molar-refractivity contribution in [1.82, 2.24) is 10.1 Å². The van der Waals surface area contributed by atoms with Gasteiger partial charge in [-0.1, -0.05) is 41.6 Å². The second-order valence-corrected chi connectivity index (χ2v) is 6.24. The maximum atomic E-state index is 12.5. The van der Waals surface area contributed by atoms with E-state index in [0.29, 0.717) is 16.9 Å². The van der Waals surface area contributed by atoms with Gasteiger partial charge >= 0.3 is 0 Å². The fraction of sp³-hybridized carbons (Fsp3) is 0.200. The van der Waals surface area contributed by atoms with Crippen LogP contribution in [-0.4, -0.2) is 30.1 Å². The van der Waals surface area contributed by atoms with Crippen LogP contribution < -0.4 is 5.32 Å². The molecule has 2 aromatic carbocycles. The van der Waals surface area contributed by atoms with Crippen LogP contribution in [0.25, 0.3) is 11.1 Å². The smallest absolute Gasteiger partial charge is 0.255 e. The average Bonchev–Trinajstić information content (AvgIpc) is 3.00. The SMILES string of the molecule is Cc1nocc1NC(=O)c1cccc(-c2ccccc2CN(C)C)c1. The van der Waals surface area contributed by atoms with Crippen molar-refractivity contribution in [3.05, 3.63) is 71.6 Å². The van der Waals surface area contributed by atoms with E-state index in [-0.39, 0.29) is 5.91 Å². The molecule has 0 radical (unpaired) electrons. The average molecular weight is 335 g/mol. The van der Waals surface area contributed by atoms with E-state index in [4.69, 9.17) is 4.52 Å². The standard InChI is InChI=1S/C20H21N3O2/c1-14-19(13-25-22-14)21-20(24)16-9-6-8-15(11-16)18-10-5-4-7-17(18)12-23(2)3/h4-11,13H,12H2,1-3H3,(H,21,24). The van der Waals surface area contributed by atoms with Gasteiger partial charge in [-0.25, -0.2) is 0 Å². The zero-order valence-corrected chi connectivity index (χ0v) is 14.6. The lowest BCUT2D eigenvalue weighted by molar-refractivity contribution is 0.102. The summed E-state index contributed by atoms with van der Waals surface area (Å²) in [5, 5.41) is 6.60. The van der Waals surface area contributed by atoms with E-state index in [1.54, 1.807) is 13.0 Å². The van der Waals surface area contributed by atoms with Crippen LogP contribution >= 0.6 is 0 Å². The van der Waals surface area contributed by atoms with Crippen molar-refractivity contribution in [3.8, 4) is 11.1 Å². The molecule has 3 aromatic rings. The molecule has 0 aliphatic rings. The summed E-state index contributed by atoms with van der Waals surface area (Å²) in [6.45, 7) is 2.62. The number of amides is 1. The Morgan fingerprint density at radius 2 is 1.96 bits per heavy atom. The van der Waals surface area contributed by atoms with E-state index in [2.05, 4.69) is 27.5 Å². The first-order valence-corrected chi connectivity index (χ1v) is 8.10. The summed E-state index contributed by atoms with van der Waals surface area (Å²) in [4.78, 5) is 14.7. The van der Waals surface area contributed by atoms with Crippen molar-refractivity contribution < 1.29 is 9.32 Å². The lowest BCUT2D eigenvalue weighted by Crippen LogP contribution is -2.13. The number of benzene rings is 2. The Kier molecular flexibility index (Phi) is 4.95. The zero-order chi connectivity index (χ0) is 17.8. The number of aryl methyl sites for hydroxylation is 1. The number of carbonyl (C=O) groups excluding carboxylic acids is 1. The molecule has 1 amide bonds. The van der Waals surface area contributed by atoms with Crippen LogP contribution in [0, 0.1) is 6.92 Å². The van der Waals surface area contributed by atoms with Gasteiger partial charge in [0, 0.05) is 12.1 Å². The quantitative estimate of drug-likeness (QED) is 0.766. The van der Waals surface area contributed by atoms with E-state index >= 15 is 0 Å². The number of nitrogens with zero attached hydrogens (tertiary/aromatic N) is 2. The van der Waals surface area contributed by atoms with Crippen molar-refractivity contribution in [3.63, 3.8) is 0 Å². The molecule has 0 atom stereocenters. The molecule has 0 fully saturated rings. The highest BCUT2D eigenvalue weighted by Crippen LogP contribution is 2.26. The van der Waals surface area contributed by atoms with E-state index < -0.39 is 0 Å². The number of aromatic nitrogens is 1. The van der Waals surface area contributed by atoms with E-state index in [1.807, 2.05) is 44.4 Å². The predicted molar refractivity (Wildman–Crippen MR) is 98.5 cm³/mol. The Hall–Kier alpha value is -2.92. The molecule has 128 valence electrons. The fourth-order valence-corrected chi connectivity index (χ4v) is 2.72. The molecule has 3 rings (SSSR count). The molecule has 0 saturated carbocycles. The summed E-state index contributed by atoms with van der Waals surface area (Å²) in [5.41, 5.74) is 5.21. The van der Waals surface area contributed by atoms with E-state index in [0.717, 1.165) is 17.7 Å². The number of anilines is 1. The highest BCUT2D eigenvalue weighted by atomic mass is 16.5. The Morgan fingerprint density at radius 1 is 1.16 bits per heavy atom. The number of rotatable bonds is 5. The van der Waals surface area contributed by atoms with Gasteiger partial charge in [0.15, 0.2) is 0 Å². The van der Waals surface area contributed by atoms with Gasteiger partial charge in [-0.05, 0) is 49.8 Å². The Morgan fingerprint density at radius 3 is 2.68 bits per heavy atom. The maximum Gasteiger partial charge on any atom is 0.255 e. The van der Waals surface area contributed by atoms with Gasteiger partial charge in [0.25, 0.3) is 5.91 Å². The molecule has 0 aliphatic heterocycles. The minimum Gasteiger partial charge on any atom is -0.362 e. The van der Waals surface area contributed by atoms with Gasteiger partial charge in [-0.15, -0.1) is 0 Å². The fourth-order valence-electron chi connectivity index (χ4n) is 2.72. The Labute approximate surface area is 147 Å². The van der Waals surface area contributed by atoms with Crippen molar-refractivity contribution in [1.29, 1.82) is 0 Å². The third-order valence-electron chi connectivity index (χ3n) is 3.94. The molecule has 0 spiro atoms. The molecule has 1 aromatic heterocycles. The first-order chi connectivity index (χ1) is 12.0. The summed E-state index contributed by atoms with van der Waals surface area (Å²) in [7, 11) is 4.09.